The van der Waals surface area contributed by atoms with Crippen LogP contribution in [-0.4, -0.2) is 17.9 Å². The minimum Gasteiger partial charge on any atom is -0.330 e. The Kier molecular flexibility index (Phi) is 16.3. The summed E-state index contributed by atoms with van der Waals surface area (Å²) in [5.41, 5.74) is 15.7. The molecule has 2 aliphatic carbocycles. The van der Waals surface area contributed by atoms with Crippen molar-refractivity contribution in [1.82, 2.24) is 0 Å². The van der Waals surface area contributed by atoms with E-state index in [2.05, 4.69) is 77.9 Å². The second-order valence-corrected chi connectivity index (χ2v) is 17.2. The zero-order valence-electron chi connectivity index (χ0n) is 28.8. The van der Waals surface area contributed by atoms with Crippen LogP contribution in [-0.2, 0) is 26.8 Å². The van der Waals surface area contributed by atoms with Gasteiger partial charge in [0.25, 0.3) is 0 Å². The van der Waals surface area contributed by atoms with Crippen molar-refractivity contribution in [2.45, 2.75) is 141 Å². The first kappa shape index (κ1) is 38.5. The summed E-state index contributed by atoms with van der Waals surface area (Å²) in [6.45, 7) is 14.9. The zero-order valence-corrected chi connectivity index (χ0v) is 32.0. The summed E-state index contributed by atoms with van der Waals surface area (Å²) in [4.78, 5) is 0. The molecular weight excluding hydrogens is 679 g/mol. The van der Waals surface area contributed by atoms with Crippen LogP contribution < -0.4 is 11.0 Å². The molecule has 0 saturated heterocycles. The Morgan fingerprint density at radius 2 is 1.31 bits per heavy atom. The van der Waals surface area contributed by atoms with E-state index in [9.17, 15) is 0 Å². The van der Waals surface area contributed by atoms with Crippen molar-refractivity contribution in [3.05, 3.63) is 87.9 Å². The van der Waals surface area contributed by atoms with Crippen LogP contribution in [0.2, 0.25) is 5.02 Å². The number of rotatable bonds is 9. The van der Waals surface area contributed by atoms with Gasteiger partial charge in [0.05, 0.1) is 0 Å². The van der Waals surface area contributed by atoms with Gasteiger partial charge in [0.1, 0.15) is 0 Å². The number of nitrogens with two attached hydrogens (primary N) is 1. The molecule has 0 unspecified atom stereocenters. The molecule has 0 aromatic heterocycles. The Hall–Kier alpha value is -0.998. The van der Waals surface area contributed by atoms with E-state index in [-0.39, 0.29) is 28.3 Å². The molecule has 2 saturated carbocycles. The molecule has 0 radical (unpaired) electrons. The SMILES string of the molecule is CC(C)c1cc(C(C)C)c(-c2cccc(Cl)c2P(C2CCCCC2)C2CCCCC2)c(C(C)C)c1.NCCc1[c-]cccc1.[Pd]. The molecule has 4 heteroatoms. The average molecular weight is 738 g/mol. The minimum absolute atomic E-state index is 0. The normalized spacial score (nSPS) is 16.2. The van der Waals surface area contributed by atoms with Gasteiger partial charge in [0.2, 0.25) is 0 Å². The summed E-state index contributed by atoms with van der Waals surface area (Å²) in [7, 11) is -0.273. The van der Waals surface area contributed by atoms with Crippen molar-refractivity contribution in [3.8, 4) is 11.1 Å². The molecule has 1 nitrogen and oxygen atoms in total. The molecule has 250 valence electrons. The Labute approximate surface area is 296 Å². The van der Waals surface area contributed by atoms with Crippen molar-refractivity contribution in [3.63, 3.8) is 0 Å². The van der Waals surface area contributed by atoms with E-state index >= 15 is 0 Å². The van der Waals surface area contributed by atoms with E-state index in [0.717, 1.165) is 22.8 Å². The van der Waals surface area contributed by atoms with Crippen LogP contribution in [0, 0.1) is 6.07 Å². The predicted octanol–water partition coefficient (Wildman–Crippen LogP) is 12.1. The van der Waals surface area contributed by atoms with Crippen LogP contribution in [0.4, 0.5) is 0 Å². The first-order valence-electron chi connectivity index (χ1n) is 17.6. The van der Waals surface area contributed by atoms with Gasteiger partial charge in [-0.3, -0.25) is 0 Å². The van der Waals surface area contributed by atoms with Gasteiger partial charge < -0.3 is 5.73 Å². The van der Waals surface area contributed by atoms with E-state index in [0.29, 0.717) is 24.3 Å². The fourth-order valence-electron chi connectivity index (χ4n) is 7.37. The molecule has 2 N–H and O–H groups in total. The fourth-order valence-corrected chi connectivity index (χ4v) is 11.8. The van der Waals surface area contributed by atoms with Gasteiger partial charge in [-0.25, -0.2) is 0 Å². The Morgan fingerprint density at radius 3 is 1.76 bits per heavy atom. The fraction of sp³-hybridized carbons (Fsp3) is 0.561. The van der Waals surface area contributed by atoms with Gasteiger partial charge in [-0.1, -0.05) is 124 Å². The molecule has 3 aromatic carbocycles. The molecule has 0 heterocycles. The maximum absolute atomic E-state index is 7.27. The summed E-state index contributed by atoms with van der Waals surface area (Å²) in [6, 6.07) is 22.9. The Bertz CT molecular complexity index is 1250. The second kappa shape index (κ2) is 19.1. The van der Waals surface area contributed by atoms with Gasteiger partial charge in [-0.2, -0.15) is 35.9 Å². The third kappa shape index (κ3) is 10.2. The molecule has 2 fully saturated rings. The number of benzene rings is 3. The largest absolute Gasteiger partial charge is 0.330 e. The molecule has 0 amide bonds. The first-order chi connectivity index (χ1) is 21.2. The smallest absolute Gasteiger partial charge is 0.0489 e. The average Bonchev–Trinajstić information content (AvgIpc) is 3.03. The maximum atomic E-state index is 7.27. The maximum Gasteiger partial charge on any atom is 0.0489 e. The molecule has 0 bridgehead atoms. The monoisotopic (exact) mass is 736 g/mol. The summed E-state index contributed by atoms with van der Waals surface area (Å²) in [6.07, 6.45) is 15.1. The third-order valence-corrected chi connectivity index (χ3v) is 13.8. The molecule has 0 spiro atoms. The van der Waals surface area contributed by atoms with Gasteiger partial charge in [0, 0.05) is 30.7 Å². The number of hydrogen-bond acceptors (Lipinski definition) is 1. The molecule has 45 heavy (non-hydrogen) atoms. The van der Waals surface area contributed by atoms with Crippen LogP contribution in [0.25, 0.3) is 11.1 Å². The molecule has 3 aromatic rings. The second-order valence-electron chi connectivity index (χ2n) is 14.1. The number of halogens is 1. The zero-order chi connectivity index (χ0) is 31.6. The number of hydrogen-bond donors (Lipinski definition) is 1. The quantitative estimate of drug-likeness (QED) is 0.132. The van der Waals surface area contributed by atoms with E-state index in [1.807, 2.05) is 24.3 Å². The van der Waals surface area contributed by atoms with Gasteiger partial charge in [-0.15, -0.1) is 0 Å². The molecular formula is C41H58ClNPPd-. The topological polar surface area (TPSA) is 26.0 Å². The summed E-state index contributed by atoms with van der Waals surface area (Å²) < 4.78 is 0. The summed E-state index contributed by atoms with van der Waals surface area (Å²) in [5, 5.41) is 2.60. The standard InChI is InChI=1S/C33H48ClP.C8H10N.Pd/c1-22(2)25-20-29(23(3)4)32(30(21-25)24(5)6)28-18-13-19-31(34)33(28)35(26-14-9-7-10-15-26)27-16-11-8-12-17-27;9-7-6-8-4-2-1-3-5-8;/h13,18-24,26-27H,7-12,14-17H2,1-6H3;1-4H,6-7,9H2;/q;-1;. The van der Waals surface area contributed by atoms with Crippen molar-refractivity contribution >= 4 is 24.8 Å². The van der Waals surface area contributed by atoms with E-state index < -0.39 is 0 Å². The van der Waals surface area contributed by atoms with Gasteiger partial charge in [0.15, 0.2) is 0 Å². The van der Waals surface area contributed by atoms with Crippen LogP contribution in [0.15, 0.2) is 54.6 Å². The van der Waals surface area contributed by atoms with Crippen LogP contribution in [0.3, 0.4) is 0 Å². The van der Waals surface area contributed by atoms with Crippen molar-refractivity contribution in [1.29, 1.82) is 0 Å². The predicted molar refractivity (Wildman–Crippen MR) is 197 cm³/mol. The summed E-state index contributed by atoms with van der Waals surface area (Å²) >= 11 is 7.27. The van der Waals surface area contributed by atoms with Gasteiger partial charge >= 0.3 is 0 Å². The van der Waals surface area contributed by atoms with E-state index in [1.54, 1.807) is 5.30 Å². The van der Waals surface area contributed by atoms with Crippen LogP contribution in [0.5, 0.6) is 0 Å². The first-order valence-corrected chi connectivity index (χ1v) is 19.5. The molecule has 0 atom stereocenters. The molecule has 2 aliphatic rings. The Morgan fingerprint density at radius 1 is 0.756 bits per heavy atom. The van der Waals surface area contributed by atoms with Crippen molar-refractivity contribution < 1.29 is 20.4 Å². The van der Waals surface area contributed by atoms with Crippen molar-refractivity contribution in [2.24, 2.45) is 5.73 Å². The third-order valence-electron chi connectivity index (χ3n) is 9.77. The van der Waals surface area contributed by atoms with E-state index in [1.165, 1.54) is 97.6 Å². The van der Waals surface area contributed by atoms with Crippen molar-refractivity contribution in [2.75, 3.05) is 6.54 Å². The van der Waals surface area contributed by atoms with Crippen LogP contribution in [0.1, 0.15) is 146 Å². The van der Waals surface area contributed by atoms with Crippen LogP contribution >= 0.6 is 19.5 Å². The summed E-state index contributed by atoms with van der Waals surface area (Å²) in [5.74, 6) is 1.52. The minimum atomic E-state index is -0.273. The van der Waals surface area contributed by atoms with E-state index in [4.69, 9.17) is 17.3 Å². The Balaban J connectivity index is 0.000000476. The molecule has 5 rings (SSSR count). The van der Waals surface area contributed by atoms with Gasteiger partial charge in [-0.05, 0) is 102 Å². The molecule has 0 aliphatic heterocycles.